The number of aliphatic hydroxyl groups is 1. The molecule has 1 aliphatic heterocycles. The van der Waals surface area contributed by atoms with Crippen molar-refractivity contribution >= 4 is 22.7 Å². The number of hydrogen-bond donors (Lipinski definition) is 1. The van der Waals surface area contributed by atoms with Crippen LogP contribution in [0.1, 0.15) is 17.7 Å². The molecule has 3 heteroatoms. The van der Waals surface area contributed by atoms with E-state index in [2.05, 4.69) is 0 Å². The lowest BCUT2D eigenvalue weighted by molar-refractivity contribution is 0.0438. The van der Waals surface area contributed by atoms with Gasteiger partial charge in [0.2, 0.25) is 0 Å². The van der Waals surface area contributed by atoms with Crippen molar-refractivity contribution in [2.75, 3.05) is 11.5 Å². The van der Waals surface area contributed by atoms with Gasteiger partial charge in [-0.15, -0.1) is 0 Å². The van der Waals surface area contributed by atoms with Crippen LogP contribution in [0.25, 0.3) is 11.0 Å². The molecule has 0 amide bonds. The fourth-order valence-electron chi connectivity index (χ4n) is 2.19. The lowest BCUT2D eigenvalue weighted by atomic mass is 10.0. The van der Waals surface area contributed by atoms with Gasteiger partial charge in [-0.2, -0.15) is 11.8 Å². The molecule has 84 valence electrons. The van der Waals surface area contributed by atoms with Gasteiger partial charge < -0.3 is 9.52 Å². The van der Waals surface area contributed by atoms with E-state index in [9.17, 15) is 5.11 Å². The van der Waals surface area contributed by atoms with Crippen molar-refractivity contribution in [1.82, 2.24) is 0 Å². The molecule has 1 atom stereocenters. The van der Waals surface area contributed by atoms with Crippen molar-refractivity contribution in [1.29, 1.82) is 0 Å². The van der Waals surface area contributed by atoms with Gasteiger partial charge in [-0.1, -0.05) is 18.2 Å². The summed E-state index contributed by atoms with van der Waals surface area (Å²) in [7, 11) is 0. The molecule has 1 aromatic heterocycles. The maximum atomic E-state index is 10.4. The van der Waals surface area contributed by atoms with Crippen molar-refractivity contribution < 1.29 is 9.52 Å². The van der Waals surface area contributed by atoms with Crippen LogP contribution in [-0.2, 0) is 5.60 Å². The number of furan rings is 1. The predicted octanol–water partition coefficient (Wildman–Crippen LogP) is 3.07. The molecule has 1 aromatic carbocycles. The van der Waals surface area contributed by atoms with Gasteiger partial charge in [0, 0.05) is 11.1 Å². The molecule has 1 saturated heterocycles. The lowest BCUT2D eigenvalue weighted by Crippen LogP contribution is -2.23. The minimum atomic E-state index is -0.754. The quantitative estimate of drug-likeness (QED) is 0.823. The highest BCUT2D eigenvalue weighted by atomic mass is 32.2. The summed E-state index contributed by atoms with van der Waals surface area (Å²) in [5.41, 5.74) is 1.27. The molecule has 0 radical (unpaired) electrons. The van der Waals surface area contributed by atoms with E-state index in [1.165, 1.54) is 0 Å². The fourth-order valence-corrected chi connectivity index (χ4v) is 3.44. The monoisotopic (exact) mass is 234 g/mol. The lowest BCUT2D eigenvalue weighted by Gasteiger charge is -2.17. The number of fused-ring (bicyclic) bond motifs is 1. The molecule has 1 N–H and O–H groups in total. The highest BCUT2D eigenvalue weighted by Gasteiger charge is 2.36. The van der Waals surface area contributed by atoms with Gasteiger partial charge in [0.05, 0.1) is 0 Å². The number of aryl methyl sites for hydroxylation is 1. The van der Waals surface area contributed by atoms with Crippen molar-refractivity contribution in [3.8, 4) is 0 Å². The van der Waals surface area contributed by atoms with Crippen LogP contribution in [-0.4, -0.2) is 16.6 Å². The van der Waals surface area contributed by atoms with E-state index in [4.69, 9.17) is 4.42 Å². The summed E-state index contributed by atoms with van der Waals surface area (Å²) in [5.74, 6) is 2.47. The second-order valence-corrected chi connectivity index (χ2v) is 5.54. The predicted molar refractivity (Wildman–Crippen MR) is 66.8 cm³/mol. The average Bonchev–Trinajstić information content (AvgIpc) is 2.85. The van der Waals surface area contributed by atoms with Gasteiger partial charge in [-0.05, 0) is 30.7 Å². The SMILES string of the molecule is Cc1cccc2cc(C3(O)CCSC3)oc12. The molecule has 2 heterocycles. The first kappa shape index (κ1) is 10.2. The van der Waals surface area contributed by atoms with Gasteiger partial charge in [-0.25, -0.2) is 0 Å². The Bertz CT molecular complexity index is 524. The van der Waals surface area contributed by atoms with Crippen molar-refractivity contribution in [3.05, 3.63) is 35.6 Å². The largest absolute Gasteiger partial charge is 0.458 e. The summed E-state index contributed by atoms with van der Waals surface area (Å²) >= 11 is 1.78. The molecule has 0 saturated carbocycles. The molecule has 3 rings (SSSR count). The smallest absolute Gasteiger partial charge is 0.137 e. The van der Waals surface area contributed by atoms with Crippen molar-refractivity contribution in [2.24, 2.45) is 0 Å². The van der Waals surface area contributed by atoms with Crippen molar-refractivity contribution in [3.63, 3.8) is 0 Å². The van der Waals surface area contributed by atoms with Crippen LogP contribution in [0.5, 0.6) is 0 Å². The number of rotatable bonds is 1. The molecule has 0 bridgehead atoms. The standard InChI is InChI=1S/C13H14O2S/c1-9-3-2-4-10-7-11(15-12(9)10)13(14)5-6-16-8-13/h2-4,7,14H,5-6,8H2,1H3. The third-order valence-corrected chi connectivity index (χ3v) is 4.37. The second kappa shape index (κ2) is 3.54. The van der Waals surface area contributed by atoms with Crippen LogP contribution >= 0.6 is 11.8 Å². The maximum Gasteiger partial charge on any atom is 0.137 e. The van der Waals surface area contributed by atoms with Crippen LogP contribution in [0.15, 0.2) is 28.7 Å². The van der Waals surface area contributed by atoms with Gasteiger partial charge >= 0.3 is 0 Å². The van der Waals surface area contributed by atoms with Crippen LogP contribution in [0.2, 0.25) is 0 Å². The molecule has 2 aromatic rings. The van der Waals surface area contributed by atoms with Crippen molar-refractivity contribution in [2.45, 2.75) is 18.9 Å². The Morgan fingerprint density at radius 1 is 1.44 bits per heavy atom. The third kappa shape index (κ3) is 1.46. The first-order valence-electron chi connectivity index (χ1n) is 5.49. The number of para-hydroxylation sites is 1. The van der Waals surface area contributed by atoms with Gasteiger partial charge in [-0.3, -0.25) is 0 Å². The van der Waals surface area contributed by atoms with Crippen LogP contribution in [0.3, 0.4) is 0 Å². The summed E-state index contributed by atoms with van der Waals surface area (Å²) in [6.07, 6.45) is 0.788. The zero-order chi connectivity index (χ0) is 11.2. The van der Waals surface area contributed by atoms with E-state index in [1.807, 2.05) is 31.2 Å². The first-order valence-corrected chi connectivity index (χ1v) is 6.64. The topological polar surface area (TPSA) is 33.4 Å². The molecule has 0 aliphatic carbocycles. The number of benzene rings is 1. The van der Waals surface area contributed by atoms with E-state index in [1.54, 1.807) is 11.8 Å². The van der Waals surface area contributed by atoms with Gasteiger partial charge in [0.25, 0.3) is 0 Å². The normalized spacial score (nSPS) is 25.4. The second-order valence-electron chi connectivity index (χ2n) is 4.44. The molecular weight excluding hydrogens is 220 g/mol. The van der Waals surface area contributed by atoms with Gasteiger partial charge in [0.1, 0.15) is 16.9 Å². The summed E-state index contributed by atoms with van der Waals surface area (Å²) in [5, 5.41) is 11.5. The zero-order valence-corrected chi connectivity index (χ0v) is 10.0. The molecular formula is C13H14O2S. The molecule has 1 unspecified atom stereocenters. The Morgan fingerprint density at radius 2 is 2.31 bits per heavy atom. The minimum absolute atomic E-state index is 0.724. The Morgan fingerprint density at radius 3 is 3.00 bits per heavy atom. The summed E-state index contributed by atoms with van der Waals surface area (Å²) in [4.78, 5) is 0. The molecule has 16 heavy (non-hydrogen) atoms. The number of thioether (sulfide) groups is 1. The molecule has 1 aliphatic rings. The third-order valence-electron chi connectivity index (χ3n) is 3.20. The highest BCUT2D eigenvalue weighted by Crippen LogP contribution is 2.39. The highest BCUT2D eigenvalue weighted by molar-refractivity contribution is 7.99. The molecule has 0 spiro atoms. The Labute approximate surface area is 98.6 Å². The molecule has 1 fully saturated rings. The van der Waals surface area contributed by atoms with Crippen LogP contribution in [0, 0.1) is 6.92 Å². The van der Waals surface area contributed by atoms with E-state index in [0.29, 0.717) is 0 Å². The summed E-state index contributed by atoms with van der Waals surface area (Å²) < 4.78 is 5.82. The fraction of sp³-hybridized carbons (Fsp3) is 0.385. The summed E-state index contributed by atoms with van der Waals surface area (Å²) in [6, 6.07) is 8.06. The van der Waals surface area contributed by atoms with E-state index in [0.717, 1.165) is 40.2 Å². The zero-order valence-electron chi connectivity index (χ0n) is 9.19. The Kier molecular flexibility index (Phi) is 2.26. The molecule has 2 nitrogen and oxygen atoms in total. The van der Waals surface area contributed by atoms with E-state index >= 15 is 0 Å². The van der Waals surface area contributed by atoms with Gasteiger partial charge in [0.15, 0.2) is 0 Å². The Balaban J connectivity index is 2.15. The Hall–Kier alpha value is -0.930. The van der Waals surface area contributed by atoms with E-state index in [-0.39, 0.29) is 0 Å². The number of hydrogen-bond acceptors (Lipinski definition) is 3. The van der Waals surface area contributed by atoms with Crippen LogP contribution < -0.4 is 0 Å². The van der Waals surface area contributed by atoms with Crippen LogP contribution in [0.4, 0.5) is 0 Å². The summed E-state index contributed by atoms with van der Waals surface area (Å²) in [6.45, 7) is 2.03. The first-order chi connectivity index (χ1) is 7.69. The average molecular weight is 234 g/mol. The van der Waals surface area contributed by atoms with E-state index < -0.39 is 5.60 Å². The maximum absolute atomic E-state index is 10.4. The minimum Gasteiger partial charge on any atom is -0.458 e.